The molecule has 0 spiro atoms. The minimum Gasteiger partial charge on any atom is -0.370 e. The highest BCUT2D eigenvalue weighted by atomic mass is 32.1. The summed E-state index contributed by atoms with van der Waals surface area (Å²) in [4.78, 5) is 33.1. The second-order valence-electron chi connectivity index (χ2n) is 9.32. The predicted molar refractivity (Wildman–Crippen MR) is 141 cm³/mol. The maximum atomic E-state index is 13.5. The molecule has 4 aromatic rings. The summed E-state index contributed by atoms with van der Waals surface area (Å²) < 4.78 is 1.07. The summed E-state index contributed by atoms with van der Waals surface area (Å²) in [5, 5.41) is 7.76. The van der Waals surface area contributed by atoms with E-state index in [2.05, 4.69) is 31.6 Å². The van der Waals surface area contributed by atoms with Gasteiger partial charge in [-0.1, -0.05) is 12.1 Å². The molecule has 35 heavy (non-hydrogen) atoms. The Morgan fingerprint density at radius 1 is 1.06 bits per heavy atom. The Morgan fingerprint density at radius 3 is 2.71 bits per heavy atom. The highest BCUT2D eigenvalue weighted by Crippen LogP contribution is 2.34. The molecule has 9 heteroatoms. The van der Waals surface area contributed by atoms with Crippen LogP contribution in [0.4, 0.5) is 11.5 Å². The first-order valence-corrected chi connectivity index (χ1v) is 13.2. The molecule has 180 valence electrons. The molecule has 0 aliphatic carbocycles. The fourth-order valence-corrected chi connectivity index (χ4v) is 6.09. The Morgan fingerprint density at radius 2 is 1.94 bits per heavy atom. The van der Waals surface area contributed by atoms with Gasteiger partial charge in [-0.3, -0.25) is 9.78 Å². The number of anilines is 2. The molecule has 0 saturated carbocycles. The Hall–Kier alpha value is -3.30. The monoisotopic (exact) mass is 487 g/mol. The number of hydrogen-bond donors (Lipinski definition) is 3. The van der Waals surface area contributed by atoms with Crippen LogP contribution in [0.5, 0.6) is 0 Å². The van der Waals surface area contributed by atoms with Crippen molar-refractivity contribution < 1.29 is 0 Å². The standard InChI is InChI=1S/C26H29N7OS/c34-25-22(26-30-20-7-1-2-8-21(20)35-26)24(29-18-5-3-11-27-15-18)31-23(32-25)17-9-13-33(14-10-17)19-6-4-12-28-16-19/h1-2,4,6-8,12,16-18,27H,3,5,9-11,13-15H2,(H2,29,31,32,34)/t18-/m1/s1. The van der Waals surface area contributed by atoms with Crippen molar-refractivity contribution in [2.45, 2.75) is 37.6 Å². The maximum Gasteiger partial charge on any atom is 0.263 e. The molecule has 1 aromatic carbocycles. The molecule has 0 radical (unpaired) electrons. The number of nitrogens with zero attached hydrogens (tertiary/aromatic N) is 4. The van der Waals surface area contributed by atoms with Gasteiger partial charge in [0.05, 0.1) is 22.1 Å². The van der Waals surface area contributed by atoms with Gasteiger partial charge in [-0.25, -0.2) is 9.97 Å². The van der Waals surface area contributed by atoms with E-state index >= 15 is 0 Å². The number of thiazole rings is 1. The van der Waals surface area contributed by atoms with E-state index in [4.69, 9.17) is 9.97 Å². The van der Waals surface area contributed by atoms with Gasteiger partial charge in [0.15, 0.2) is 0 Å². The van der Waals surface area contributed by atoms with Crippen LogP contribution < -0.4 is 21.1 Å². The van der Waals surface area contributed by atoms with Crippen molar-refractivity contribution in [2.75, 3.05) is 36.4 Å². The molecule has 2 aliphatic rings. The van der Waals surface area contributed by atoms with Crippen molar-refractivity contribution in [3.8, 4) is 10.6 Å². The maximum absolute atomic E-state index is 13.5. The molecule has 3 N–H and O–H groups in total. The van der Waals surface area contributed by atoms with Crippen LogP contribution in [-0.4, -0.2) is 52.2 Å². The van der Waals surface area contributed by atoms with Gasteiger partial charge in [-0.15, -0.1) is 11.3 Å². The summed E-state index contributed by atoms with van der Waals surface area (Å²) in [5.74, 6) is 1.65. The number of aromatic nitrogens is 4. The number of para-hydroxylation sites is 1. The quantitative estimate of drug-likeness (QED) is 0.391. The van der Waals surface area contributed by atoms with Crippen LogP contribution in [-0.2, 0) is 0 Å². The Balaban J connectivity index is 1.32. The Kier molecular flexibility index (Phi) is 6.18. The topological polar surface area (TPSA) is 98.8 Å². The largest absolute Gasteiger partial charge is 0.370 e. The molecule has 3 aromatic heterocycles. The summed E-state index contributed by atoms with van der Waals surface area (Å²) >= 11 is 1.54. The first kappa shape index (κ1) is 22.2. The number of pyridine rings is 1. The van der Waals surface area contributed by atoms with Gasteiger partial charge in [0.2, 0.25) is 0 Å². The predicted octanol–water partition coefficient (Wildman–Crippen LogP) is 3.99. The number of rotatable bonds is 5. The van der Waals surface area contributed by atoms with Crippen LogP contribution in [0.2, 0.25) is 0 Å². The molecule has 0 amide bonds. The number of H-pyrrole nitrogens is 1. The zero-order chi connectivity index (χ0) is 23.6. The van der Waals surface area contributed by atoms with Gasteiger partial charge in [0.1, 0.15) is 22.2 Å². The minimum absolute atomic E-state index is 0.116. The number of piperidine rings is 2. The number of aromatic amines is 1. The first-order chi connectivity index (χ1) is 17.2. The lowest BCUT2D eigenvalue weighted by atomic mass is 9.95. The summed E-state index contributed by atoms with van der Waals surface area (Å²) in [6.45, 7) is 3.73. The Labute approximate surface area is 207 Å². The van der Waals surface area contributed by atoms with Crippen LogP contribution in [0.15, 0.2) is 53.6 Å². The number of hydrogen-bond acceptors (Lipinski definition) is 8. The summed E-state index contributed by atoms with van der Waals surface area (Å²) in [7, 11) is 0. The van der Waals surface area contributed by atoms with Crippen LogP contribution >= 0.6 is 11.3 Å². The van der Waals surface area contributed by atoms with E-state index < -0.39 is 0 Å². The molecule has 1 atom stereocenters. The highest BCUT2D eigenvalue weighted by Gasteiger charge is 2.26. The van der Waals surface area contributed by atoms with E-state index in [9.17, 15) is 4.79 Å². The number of benzene rings is 1. The first-order valence-electron chi connectivity index (χ1n) is 12.4. The molecule has 6 rings (SSSR count). The molecular weight excluding hydrogens is 458 g/mol. The van der Waals surface area contributed by atoms with Gasteiger partial charge in [0.25, 0.3) is 5.56 Å². The van der Waals surface area contributed by atoms with Crippen molar-refractivity contribution in [1.82, 2.24) is 25.3 Å². The SMILES string of the molecule is O=c1[nH]c(C2CCN(c3cccnc3)CC2)nc(N[C@@H]2CCCNC2)c1-c1nc2ccccc2s1. The summed E-state index contributed by atoms with van der Waals surface area (Å²) in [5.41, 5.74) is 2.48. The second kappa shape index (κ2) is 9.75. The van der Waals surface area contributed by atoms with Crippen molar-refractivity contribution in [2.24, 2.45) is 0 Å². The second-order valence-corrected chi connectivity index (χ2v) is 10.4. The fraction of sp³-hybridized carbons (Fsp3) is 0.385. The minimum atomic E-state index is -0.116. The Bertz CT molecular complexity index is 1320. The molecule has 2 fully saturated rings. The van der Waals surface area contributed by atoms with E-state index in [1.165, 1.54) is 0 Å². The molecule has 0 unspecified atom stereocenters. The smallest absolute Gasteiger partial charge is 0.263 e. The molecule has 5 heterocycles. The highest BCUT2D eigenvalue weighted by molar-refractivity contribution is 7.21. The molecular formula is C26H29N7OS. The summed E-state index contributed by atoms with van der Waals surface area (Å²) in [6.07, 6.45) is 7.74. The average Bonchev–Trinajstić information content (AvgIpc) is 3.33. The van der Waals surface area contributed by atoms with Crippen LogP contribution in [0.1, 0.15) is 37.4 Å². The van der Waals surface area contributed by atoms with E-state index in [0.717, 1.165) is 73.6 Å². The lowest BCUT2D eigenvalue weighted by molar-refractivity contribution is 0.474. The average molecular weight is 488 g/mol. The number of fused-ring (bicyclic) bond motifs is 1. The third-order valence-corrected chi connectivity index (χ3v) is 8.03. The van der Waals surface area contributed by atoms with Crippen LogP contribution in [0, 0.1) is 0 Å². The number of nitrogens with one attached hydrogen (secondary N) is 3. The zero-order valence-electron chi connectivity index (χ0n) is 19.5. The van der Waals surface area contributed by atoms with E-state index in [0.29, 0.717) is 16.4 Å². The van der Waals surface area contributed by atoms with Crippen molar-refractivity contribution in [3.63, 3.8) is 0 Å². The van der Waals surface area contributed by atoms with Crippen molar-refractivity contribution in [3.05, 3.63) is 65.0 Å². The summed E-state index contributed by atoms with van der Waals surface area (Å²) in [6, 6.07) is 12.3. The lowest BCUT2D eigenvalue weighted by Crippen LogP contribution is -2.39. The van der Waals surface area contributed by atoms with E-state index in [1.807, 2.05) is 36.5 Å². The van der Waals surface area contributed by atoms with Gasteiger partial charge in [-0.05, 0) is 56.5 Å². The van der Waals surface area contributed by atoms with Gasteiger partial charge in [-0.2, -0.15) is 0 Å². The fourth-order valence-electron chi connectivity index (χ4n) is 5.09. The van der Waals surface area contributed by atoms with Crippen molar-refractivity contribution in [1.29, 1.82) is 0 Å². The van der Waals surface area contributed by atoms with E-state index in [-0.39, 0.29) is 17.5 Å². The normalized spacial score (nSPS) is 19.2. The van der Waals surface area contributed by atoms with Gasteiger partial charge < -0.3 is 20.5 Å². The van der Waals surface area contributed by atoms with Gasteiger partial charge >= 0.3 is 0 Å². The van der Waals surface area contributed by atoms with Crippen LogP contribution in [0.25, 0.3) is 20.8 Å². The molecule has 0 bridgehead atoms. The van der Waals surface area contributed by atoms with E-state index in [1.54, 1.807) is 17.5 Å². The lowest BCUT2D eigenvalue weighted by Gasteiger charge is -2.33. The van der Waals surface area contributed by atoms with Crippen LogP contribution in [0.3, 0.4) is 0 Å². The third kappa shape index (κ3) is 4.66. The third-order valence-electron chi connectivity index (χ3n) is 6.98. The zero-order valence-corrected chi connectivity index (χ0v) is 20.4. The molecule has 8 nitrogen and oxygen atoms in total. The van der Waals surface area contributed by atoms with Gasteiger partial charge in [0, 0.05) is 37.8 Å². The van der Waals surface area contributed by atoms with Crippen molar-refractivity contribution >= 4 is 33.1 Å². The molecule has 2 aliphatic heterocycles. The molecule has 2 saturated heterocycles.